The molecule has 0 unspecified atom stereocenters. The maximum Gasteiger partial charge on any atom is 0.339 e. The maximum absolute atomic E-state index is 11.4. The van der Waals surface area contributed by atoms with Gasteiger partial charge in [-0.25, -0.2) is 4.79 Å². The number of carbonyl (C=O) groups is 1. The average molecular weight is 296 g/mol. The molecule has 5 heteroatoms. The minimum Gasteiger partial charge on any atom is -0.497 e. The fraction of sp³-hybridized carbons (Fsp3) is 0.533. The third-order valence-electron chi connectivity index (χ3n) is 4.33. The van der Waals surface area contributed by atoms with Gasteiger partial charge in [-0.1, -0.05) is 38.9 Å². The lowest BCUT2D eigenvalue weighted by molar-refractivity contribution is 0.0693. The van der Waals surface area contributed by atoms with Crippen LogP contribution < -0.4 is 14.7 Å². The van der Waals surface area contributed by atoms with Crippen molar-refractivity contribution in [3.63, 3.8) is 0 Å². The summed E-state index contributed by atoms with van der Waals surface area (Å²) in [6.07, 6.45) is 0. The van der Waals surface area contributed by atoms with E-state index in [0.29, 0.717) is 5.75 Å². The zero-order valence-electron chi connectivity index (χ0n) is 12.9. The molecule has 0 atom stereocenters. The first kappa shape index (κ1) is 16.6. The van der Waals surface area contributed by atoms with Crippen molar-refractivity contribution in [1.29, 1.82) is 0 Å². The van der Waals surface area contributed by atoms with E-state index in [-0.39, 0.29) is 5.56 Å². The molecule has 1 N–H and O–H groups in total. The Bertz CT molecular complexity index is 473. The van der Waals surface area contributed by atoms with Crippen LogP contribution in [0.25, 0.3) is 0 Å². The van der Waals surface area contributed by atoms with Crippen molar-refractivity contribution in [2.75, 3.05) is 14.2 Å². The Labute approximate surface area is 121 Å². The van der Waals surface area contributed by atoms with E-state index in [2.05, 4.69) is 20.8 Å². The van der Waals surface area contributed by atoms with E-state index in [9.17, 15) is 9.90 Å². The van der Waals surface area contributed by atoms with E-state index in [4.69, 9.17) is 9.47 Å². The summed E-state index contributed by atoms with van der Waals surface area (Å²) < 4.78 is 11.0. The second-order valence-electron chi connectivity index (χ2n) is 4.87. The fourth-order valence-electron chi connectivity index (χ4n) is 2.90. The van der Waals surface area contributed by atoms with Crippen molar-refractivity contribution < 1.29 is 19.4 Å². The molecule has 0 aliphatic rings. The molecule has 112 valence electrons. The predicted octanol–water partition coefficient (Wildman–Crippen LogP) is 3.12. The van der Waals surface area contributed by atoms with E-state index < -0.39 is 14.0 Å². The number of carboxylic acids is 1. The van der Waals surface area contributed by atoms with Gasteiger partial charge in [-0.05, 0) is 12.1 Å². The highest BCUT2D eigenvalue weighted by molar-refractivity contribution is 6.93. The number of aromatic carboxylic acids is 1. The van der Waals surface area contributed by atoms with Crippen molar-refractivity contribution in [1.82, 2.24) is 0 Å². The molecule has 1 aromatic carbocycles. The molecule has 0 radical (unpaired) electrons. The molecule has 0 amide bonds. The predicted molar refractivity (Wildman–Crippen MR) is 83.3 cm³/mol. The Morgan fingerprint density at radius 1 is 1.10 bits per heavy atom. The standard InChI is InChI=1S/C15H24O4Si/c1-6-20(7-2,8-3)14-12(18-4)10-9-11(15(16)17)13(14)19-5/h9-10H,6-8H2,1-5H3,(H,16,17). The van der Waals surface area contributed by atoms with Gasteiger partial charge < -0.3 is 14.6 Å². The molecule has 0 spiro atoms. The SMILES string of the molecule is CC[Si](CC)(CC)c1c(OC)ccc(C(=O)O)c1OC. The first-order chi connectivity index (χ1) is 9.51. The molecular formula is C15H24O4Si. The number of hydrogen-bond acceptors (Lipinski definition) is 3. The highest BCUT2D eigenvalue weighted by Gasteiger charge is 2.37. The van der Waals surface area contributed by atoms with Crippen LogP contribution in [0.1, 0.15) is 31.1 Å². The number of rotatable bonds is 7. The van der Waals surface area contributed by atoms with Crippen LogP contribution in [0.3, 0.4) is 0 Å². The van der Waals surface area contributed by atoms with Crippen LogP contribution in [-0.2, 0) is 0 Å². The molecule has 0 aliphatic carbocycles. The van der Waals surface area contributed by atoms with Crippen LogP contribution in [0.15, 0.2) is 12.1 Å². The van der Waals surface area contributed by atoms with Crippen molar-refractivity contribution in [2.24, 2.45) is 0 Å². The second-order valence-corrected chi connectivity index (χ2v) is 10.1. The lowest BCUT2D eigenvalue weighted by atomic mass is 10.2. The minimum absolute atomic E-state index is 0.218. The summed E-state index contributed by atoms with van der Waals surface area (Å²) in [4.78, 5) is 11.4. The number of hydrogen-bond donors (Lipinski definition) is 1. The topological polar surface area (TPSA) is 55.8 Å². The molecule has 1 aromatic rings. The zero-order valence-corrected chi connectivity index (χ0v) is 13.9. The zero-order chi connectivity index (χ0) is 15.3. The third-order valence-corrected chi connectivity index (χ3v) is 9.93. The van der Waals surface area contributed by atoms with Gasteiger partial charge >= 0.3 is 5.97 Å². The number of methoxy groups -OCH3 is 2. The number of ether oxygens (including phenoxy) is 2. The van der Waals surface area contributed by atoms with Crippen LogP contribution in [0.2, 0.25) is 18.1 Å². The Balaban J connectivity index is 3.71. The molecule has 0 fully saturated rings. The molecule has 1 rings (SSSR count). The summed E-state index contributed by atoms with van der Waals surface area (Å²) in [6, 6.07) is 6.43. The van der Waals surface area contributed by atoms with E-state index in [1.807, 2.05) is 0 Å². The van der Waals surface area contributed by atoms with Gasteiger partial charge in [0.05, 0.1) is 22.3 Å². The first-order valence-electron chi connectivity index (χ1n) is 7.00. The Hall–Kier alpha value is -1.49. The smallest absolute Gasteiger partial charge is 0.339 e. The van der Waals surface area contributed by atoms with Gasteiger partial charge in [0.1, 0.15) is 17.1 Å². The van der Waals surface area contributed by atoms with Crippen molar-refractivity contribution in [2.45, 2.75) is 38.9 Å². The largest absolute Gasteiger partial charge is 0.497 e. The lowest BCUT2D eigenvalue weighted by Crippen LogP contribution is -2.47. The highest BCUT2D eigenvalue weighted by atomic mass is 28.3. The minimum atomic E-state index is -1.82. The van der Waals surface area contributed by atoms with Crippen LogP contribution in [0.5, 0.6) is 11.5 Å². The molecule has 0 aromatic heterocycles. The van der Waals surface area contributed by atoms with Gasteiger partial charge in [-0.15, -0.1) is 0 Å². The molecule has 0 heterocycles. The van der Waals surface area contributed by atoms with Crippen molar-refractivity contribution >= 4 is 19.2 Å². The van der Waals surface area contributed by atoms with Crippen molar-refractivity contribution in [3.8, 4) is 11.5 Å². The van der Waals surface area contributed by atoms with Crippen LogP contribution in [-0.4, -0.2) is 33.4 Å². The molecule has 0 bridgehead atoms. The maximum atomic E-state index is 11.4. The van der Waals surface area contributed by atoms with Crippen LogP contribution in [0, 0.1) is 0 Å². The number of carboxylic acid groups (broad SMARTS) is 1. The molecule has 0 aliphatic heterocycles. The van der Waals surface area contributed by atoms with Gasteiger partial charge in [0.2, 0.25) is 0 Å². The fourth-order valence-corrected chi connectivity index (χ4v) is 6.88. The van der Waals surface area contributed by atoms with E-state index >= 15 is 0 Å². The Morgan fingerprint density at radius 2 is 1.65 bits per heavy atom. The van der Waals surface area contributed by atoms with Gasteiger partial charge in [0, 0.05) is 5.19 Å². The quantitative estimate of drug-likeness (QED) is 0.785. The Morgan fingerprint density at radius 3 is 2.00 bits per heavy atom. The van der Waals surface area contributed by atoms with Crippen LogP contribution in [0.4, 0.5) is 0 Å². The summed E-state index contributed by atoms with van der Waals surface area (Å²) in [5.74, 6) is 0.273. The normalized spacial score (nSPS) is 11.2. The van der Waals surface area contributed by atoms with E-state index in [1.165, 1.54) is 7.11 Å². The van der Waals surface area contributed by atoms with Crippen LogP contribution >= 0.6 is 0 Å². The van der Waals surface area contributed by atoms with E-state index in [1.54, 1.807) is 19.2 Å². The van der Waals surface area contributed by atoms with Crippen molar-refractivity contribution in [3.05, 3.63) is 17.7 Å². The molecule has 4 nitrogen and oxygen atoms in total. The number of benzene rings is 1. The van der Waals surface area contributed by atoms with Gasteiger partial charge in [0.15, 0.2) is 0 Å². The lowest BCUT2D eigenvalue weighted by Gasteiger charge is -2.32. The van der Waals surface area contributed by atoms with Gasteiger partial charge in [0.25, 0.3) is 0 Å². The van der Waals surface area contributed by atoms with Gasteiger partial charge in [-0.3, -0.25) is 0 Å². The monoisotopic (exact) mass is 296 g/mol. The van der Waals surface area contributed by atoms with E-state index in [0.717, 1.165) is 29.1 Å². The molecular weight excluding hydrogens is 272 g/mol. The molecule has 0 saturated carbocycles. The third kappa shape index (κ3) is 2.68. The average Bonchev–Trinajstić information content (AvgIpc) is 2.48. The molecule has 20 heavy (non-hydrogen) atoms. The van der Waals surface area contributed by atoms with Gasteiger partial charge in [-0.2, -0.15) is 0 Å². The summed E-state index contributed by atoms with van der Waals surface area (Å²) in [6.45, 7) is 6.52. The summed E-state index contributed by atoms with van der Waals surface area (Å²) >= 11 is 0. The highest BCUT2D eigenvalue weighted by Crippen LogP contribution is 2.32. The summed E-state index contributed by atoms with van der Waals surface area (Å²) in [5.41, 5.74) is 0.218. The first-order valence-corrected chi connectivity index (χ1v) is 9.62. The second kappa shape index (κ2) is 6.79. The Kier molecular flexibility index (Phi) is 5.62. The summed E-state index contributed by atoms with van der Waals surface area (Å²) in [5, 5.41) is 10.4. The summed E-state index contributed by atoms with van der Waals surface area (Å²) in [7, 11) is 1.34. The molecule has 0 saturated heterocycles.